The zero-order valence-corrected chi connectivity index (χ0v) is 20.2. The molecule has 3 aromatic rings. The van der Waals surface area contributed by atoms with Gasteiger partial charge >= 0.3 is 5.97 Å². The summed E-state index contributed by atoms with van der Waals surface area (Å²) in [6.07, 6.45) is 5.73. The number of hydrogen-bond donors (Lipinski definition) is 4. The highest BCUT2D eigenvalue weighted by Gasteiger charge is 2.28. The van der Waals surface area contributed by atoms with Gasteiger partial charge in [0.1, 0.15) is 23.5 Å². The van der Waals surface area contributed by atoms with Crippen LogP contribution in [-0.2, 0) is 11.2 Å². The summed E-state index contributed by atoms with van der Waals surface area (Å²) in [5.74, 6) is -3.50. The summed E-state index contributed by atoms with van der Waals surface area (Å²) < 4.78 is 27.4. The number of hydrogen-bond acceptors (Lipinski definition) is 5. The molecule has 1 aliphatic carbocycles. The van der Waals surface area contributed by atoms with Crippen molar-refractivity contribution in [1.82, 2.24) is 10.3 Å². The molecule has 0 saturated heterocycles. The van der Waals surface area contributed by atoms with Crippen LogP contribution in [0.5, 0.6) is 0 Å². The summed E-state index contributed by atoms with van der Waals surface area (Å²) in [5.41, 5.74) is 6.51. The number of pyridine rings is 1. The molecule has 4 rings (SSSR count). The Morgan fingerprint density at radius 3 is 2.38 bits per heavy atom. The van der Waals surface area contributed by atoms with E-state index < -0.39 is 35.0 Å². The Morgan fingerprint density at radius 2 is 1.73 bits per heavy atom. The van der Waals surface area contributed by atoms with E-state index in [9.17, 15) is 28.3 Å². The van der Waals surface area contributed by atoms with Crippen LogP contribution < -0.4 is 16.6 Å². The van der Waals surface area contributed by atoms with Gasteiger partial charge in [-0.05, 0) is 61.1 Å². The van der Waals surface area contributed by atoms with Crippen molar-refractivity contribution >= 4 is 17.6 Å². The predicted octanol–water partition coefficient (Wildman–Crippen LogP) is 4.30. The van der Waals surface area contributed by atoms with Gasteiger partial charge in [-0.25, -0.2) is 8.78 Å². The summed E-state index contributed by atoms with van der Waals surface area (Å²) in [6.45, 7) is 0.497. The third-order valence-corrected chi connectivity index (χ3v) is 6.92. The fraction of sp³-hybridized carbons (Fsp3) is 0.321. The number of nitrogens with two attached hydrogens (primary N) is 1. The fourth-order valence-corrected chi connectivity index (χ4v) is 4.91. The summed E-state index contributed by atoms with van der Waals surface area (Å²) in [4.78, 5) is 39.6. The number of carboxylic acid groups (broad SMARTS) is 1. The van der Waals surface area contributed by atoms with Gasteiger partial charge in [0.25, 0.3) is 5.56 Å². The van der Waals surface area contributed by atoms with E-state index in [2.05, 4.69) is 10.3 Å². The normalized spacial score (nSPS) is 14.9. The molecular weight excluding hydrogens is 480 g/mol. The SMILES string of the molecule is Nc1[nH]c(=O)c(-c2ccc(CCN[C@H](C(=O)O)C3CCCCC3)cc2)cc1C(=O)c1ccc(F)cc1F. The lowest BCUT2D eigenvalue weighted by Crippen LogP contribution is -2.44. The molecule has 194 valence electrons. The number of benzene rings is 2. The monoisotopic (exact) mass is 509 g/mol. The van der Waals surface area contributed by atoms with Crippen LogP contribution >= 0.6 is 0 Å². The van der Waals surface area contributed by atoms with Crippen molar-refractivity contribution in [2.45, 2.75) is 44.6 Å². The zero-order valence-electron chi connectivity index (χ0n) is 20.2. The van der Waals surface area contributed by atoms with E-state index in [1.807, 2.05) is 12.1 Å². The Hall–Kier alpha value is -3.85. The van der Waals surface area contributed by atoms with Crippen molar-refractivity contribution in [3.63, 3.8) is 0 Å². The van der Waals surface area contributed by atoms with Crippen molar-refractivity contribution in [3.8, 4) is 11.1 Å². The zero-order chi connectivity index (χ0) is 26.5. The van der Waals surface area contributed by atoms with Crippen molar-refractivity contribution in [3.05, 3.63) is 87.2 Å². The lowest BCUT2D eigenvalue weighted by atomic mass is 9.84. The number of aromatic nitrogens is 1. The molecule has 1 aliphatic rings. The highest BCUT2D eigenvalue weighted by atomic mass is 19.1. The molecule has 0 spiro atoms. The van der Waals surface area contributed by atoms with Crippen LogP contribution in [0.25, 0.3) is 11.1 Å². The molecule has 0 unspecified atom stereocenters. The highest BCUT2D eigenvalue weighted by molar-refractivity contribution is 6.12. The van der Waals surface area contributed by atoms with Gasteiger partial charge in [0.05, 0.1) is 11.1 Å². The minimum Gasteiger partial charge on any atom is -0.480 e. The Balaban J connectivity index is 1.48. The Kier molecular flexibility index (Phi) is 8.13. The van der Waals surface area contributed by atoms with Crippen LogP contribution in [0.1, 0.15) is 53.6 Å². The molecule has 1 heterocycles. The van der Waals surface area contributed by atoms with Crippen LogP contribution in [-0.4, -0.2) is 34.4 Å². The smallest absolute Gasteiger partial charge is 0.320 e. The number of nitrogens with one attached hydrogen (secondary N) is 2. The van der Waals surface area contributed by atoms with Crippen LogP contribution in [0.2, 0.25) is 0 Å². The van der Waals surface area contributed by atoms with Crippen molar-refractivity contribution < 1.29 is 23.5 Å². The summed E-state index contributed by atoms with van der Waals surface area (Å²) in [7, 11) is 0. The van der Waals surface area contributed by atoms with Gasteiger partial charge in [-0.2, -0.15) is 0 Å². The first-order valence-electron chi connectivity index (χ1n) is 12.3. The van der Waals surface area contributed by atoms with Crippen molar-refractivity contribution in [1.29, 1.82) is 0 Å². The highest BCUT2D eigenvalue weighted by Crippen LogP contribution is 2.27. The standard InChI is InChI=1S/C28H29F2N3O4/c29-19-10-11-20(23(30)14-19)25(34)22-15-21(27(35)33-26(22)31)17-8-6-16(7-9-17)12-13-32-24(28(36)37)18-4-2-1-3-5-18/h6-11,14-15,18,24,32H,1-5,12-13H2,(H,36,37)(H3,31,33,35)/t24-/m0/s1. The number of nitrogen functional groups attached to an aromatic ring is 1. The molecule has 1 fully saturated rings. The molecule has 1 aromatic heterocycles. The summed E-state index contributed by atoms with van der Waals surface area (Å²) in [5, 5.41) is 12.8. The number of carboxylic acids is 1. The quantitative estimate of drug-likeness (QED) is 0.319. The number of H-pyrrole nitrogens is 1. The third-order valence-electron chi connectivity index (χ3n) is 6.92. The van der Waals surface area contributed by atoms with Crippen LogP contribution in [0.4, 0.5) is 14.6 Å². The summed E-state index contributed by atoms with van der Waals surface area (Å²) >= 11 is 0. The van der Waals surface area contributed by atoms with Gasteiger partial charge in [-0.3, -0.25) is 14.4 Å². The average molecular weight is 510 g/mol. The van der Waals surface area contributed by atoms with Gasteiger partial charge in [-0.1, -0.05) is 43.5 Å². The Morgan fingerprint density at radius 1 is 1.03 bits per heavy atom. The maximum Gasteiger partial charge on any atom is 0.320 e. The van der Waals surface area contributed by atoms with E-state index in [0.29, 0.717) is 24.6 Å². The molecule has 37 heavy (non-hydrogen) atoms. The molecule has 9 heteroatoms. The lowest BCUT2D eigenvalue weighted by molar-refractivity contribution is -0.141. The van der Waals surface area contributed by atoms with Crippen LogP contribution in [0.3, 0.4) is 0 Å². The molecule has 1 saturated carbocycles. The van der Waals surface area contributed by atoms with Gasteiger partial charge in [0.15, 0.2) is 5.78 Å². The second-order valence-electron chi connectivity index (χ2n) is 9.41. The van der Waals surface area contributed by atoms with Gasteiger partial charge in [-0.15, -0.1) is 0 Å². The minimum absolute atomic E-state index is 0.101. The summed E-state index contributed by atoms with van der Waals surface area (Å²) in [6, 6.07) is 10.4. The van der Waals surface area contributed by atoms with E-state index >= 15 is 0 Å². The van der Waals surface area contributed by atoms with E-state index in [1.54, 1.807) is 12.1 Å². The number of aromatic amines is 1. The molecule has 1 atom stereocenters. The second-order valence-corrected chi connectivity index (χ2v) is 9.41. The topological polar surface area (TPSA) is 125 Å². The lowest BCUT2D eigenvalue weighted by Gasteiger charge is -2.28. The van der Waals surface area contributed by atoms with Gasteiger partial charge in [0, 0.05) is 11.6 Å². The minimum atomic E-state index is -1.02. The van der Waals surface area contributed by atoms with Gasteiger partial charge < -0.3 is 21.1 Å². The number of anilines is 1. The second kappa shape index (κ2) is 11.5. The number of carbonyl (C=O) groups excluding carboxylic acids is 1. The van der Waals surface area contributed by atoms with E-state index in [1.165, 1.54) is 6.07 Å². The predicted molar refractivity (Wildman–Crippen MR) is 136 cm³/mol. The Labute approximate surface area is 212 Å². The van der Waals surface area contributed by atoms with Crippen LogP contribution in [0.15, 0.2) is 53.3 Å². The Bertz CT molecular complexity index is 1350. The number of rotatable bonds is 9. The van der Waals surface area contributed by atoms with Crippen molar-refractivity contribution in [2.75, 3.05) is 12.3 Å². The molecule has 2 aromatic carbocycles. The molecular formula is C28H29F2N3O4. The number of halogens is 2. The molecule has 5 N–H and O–H groups in total. The molecule has 7 nitrogen and oxygen atoms in total. The van der Waals surface area contributed by atoms with Crippen molar-refractivity contribution in [2.24, 2.45) is 5.92 Å². The van der Waals surface area contributed by atoms with Crippen LogP contribution in [0, 0.1) is 17.6 Å². The van der Waals surface area contributed by atoms with Gasteiger partial charge in [0.2, 0.25) is 0 Å². The average Bonchev–Trinajstić information content (AvgIpc) is 2.87. The first-order valence-corrected chi connectivity index (χ1v) is 12.3. The first-order chi connectivity index (χ1) is 17.7. The largest absolute Gasteiger partial charge is 0.480 e. The molecule has 0 aliphatic heterocycles. The molecule has 0 amide bonds. The number of ketones is 1. The van der Waals surface area contributed by atoms with E-state index in [0.717, 1.165) is 49.8 Å². The van der Waals surface area contributed by atoms with E-state index in [-0.39, 0.29) is 28.4 Å². The number of aliphatic carboxylic acids is 1. The number of carbonyl (C=O) groups is 2. The maximum absolute atomic E-state index is 14.2. The first kappa shape index (κ1) is 26.2. The third kappa shape index (κ3) is 6.11. The fourth-order valence-electron chi connectivity index (χ4n) is 4.91. The maximum atomic E-state index is 14.2. The van der Waals surface area contributed by atoms with E-state index in [4.69, 9.17) is 5.73 Å². The molecule has 0 bridgehead atoms. The molecule has 0 radical (unpaired) electrons.